The van der Waals surface area contributed by atoms with Crippen LogP contribution in [0.25, 0.3) is 21.9 Å². The van der Waals surface area contributed by atoms with Crippen molar-refractivity contribution in [2.75, 3.05) is 31.1 Å². The highest BCUT2D eigenvalue weighted by molar-refractivity contribution is 6.11. The molecule has 5 N–H and O–H groups in total. The molecule has 0 atom stereocenters. The van der Waals surface area contributed by atoms with Gasteiger partial charge in [-0.25, -0.2) is 9.97 Å². The number of nitrogen functional groups attached to an aromatic ring is 2. The van der Waals surface area contributed by atoms with Gasteiger partial charge >= 0.3 is 0 Å². The molecule has 1 aliphatic rings. The van der Waals surface area contributed by atoms with E-state index in [4.69, 9.17) is 16.2 Å². The number of aromatic nitrogens is 3. The molecule has 0 saturated carbocycles. The molecule has 4 heterocycles. The number of hydrogen-bond donors (Lipinski definition) is 3. The number of fused-ring (bicyclic) bond motifs is 3. The Morgan fingerprint density at radius 1 is 1.25 bits per heavy atom. The standard InChI is InChI=1S/C17H22N6O/c1-2-23-5-3-11(4-6-23)24-15-14-12-7-10(18)8-21-17(12)22-13(14)9-20-16(15)19/h7-9,11H,2-6,18H2,1H3,(H2,19,20)(H,21,22). The molecule has 126 valence electrons. The second-order valence-corrected chi connectivity index (χ2v) is 6.30. The Hall–Kier alpha value is -2.54. The number of nitrogens with two attached hydrogens (primary N) is 2. The van der Waals surface area contributed by atoms with Crippen LogP contribution in [0.15, 0.2) is 18.5 Å². The molecule has 7 heteroatoms. The maximum absolute atomic E-state index is 6.30. The summed E-state index contributed by atoms with van der Waals surface area (Å²) >= 11 is 0. The topological polar surface area (TPSA) is 106 Å². The molecule has 0 bridgehead atoms. The monoisotopic (exact) mass is 326 g/mol. The van der Waals surface area contributed by atoms with Crippen LogP contribution in [-0.2, 0) is 0 Å². The van der Waals surface area contributed by atoms with Gasteiger partial charge in [0.15, 0.2) is 11.6 Å². The third kappa shape index (κ3) is 2.50. The van der Waals surface area contributed by atoms with Gasteiger partial charge in [0.25, 0.3) is 0 Å². The van der Waals surface area contributed by atoms with Crippen molar-refractivity contribution in [2.24, 2.45) is 0 Å². The third-order valence-corrected chi connectivity index (χ3v) is 4.76. The van der Waals surface area contributed by atoms with Gasteiger partial charge in [-0.1, -0.05) is 6.92 Å². The van der Waals surface area contributed by atoms with E-state index in [-0.39, 0.29) is 6.10 Å². The Kier molecular flexibility index (Phi) is 3.65. The first-order chi connectivity index (χ1) is 11.7. The molecule has 7 nitrogen and oxygen atoms in total. The fraction of sp³-hybridized carbons (Fsp3) is 0.412. The van der Waals surface area contributed by atoms with E-state index in [2.05, 4.69) is 26.8 Å². The molecular weight excluding hydrogens is 304 g/mol. The number of hydrogen-bond acceptors (Lipinski definition) is 6. The summed E-state index contributed by atoms with van der Waals surface area (Å²) in [7, 11) is 0. The normalized spacial score (nSPS) is 16.9. The summed E-state index contributed by atoms with van der Waals surface area (Å²) in [6, 6.07) is 1.90. The summed E-state index contributed by atoms with van der Waals surface area (Å²) in [4.78, 5) is 14.3. The molecule has 1 fully saturated rings. The number of piperidine rings is 1. The summed E-state index contributed by atoms with van der Waals surface area (Å²) < 4.78 is 6.30. The first-order valence-corrected chi connectivity index (χ1v) is 8.36. The van der Waals surface area contributed by atoms with E-state index >= 15 is 0 Å². The van der Waals surface area contributed by atoms with Crippen LogP contribution in [0.2, 0.25) is 0 Å². The largest absolute Gasteiger partial charge is 0.486 e. The highest BCUT2D eigenvalue weighted by Crippen LogP contribution is 2.37. The van der Waals surface area contributed by atoms with E-state index in [0.29, 0.717) is 17.3 Å². The van der Waals surface area contributed by atoms with Gasteiger partial charge in [0.2, 0.25) is 0 Å². The summed E-state index contributed by atoms with van der Waals surface area (Å²) in [5.74, 6) is 1.05. The van der Waals surface area contributed by atoms with Crippen molar-refractivity contribution in [3.63, 3.8) is 0 Å². The molecule has 0 aromatic carbocycles. The number of likely N-dealkylation sites (tertiary alicyclic amines) is 1. The second kappa shape index (κ2) is 5.83. The summed E-state index contributed by atoms with van der Waals surface area (Å²) in [6.07, 6.45) is 5.49. The number of anilines is 2. The fourth-order valence-electron chi connectivity index (χ4n) is 3.40. The minimum atomic E-state index is 0.154. The summed E-state index contributed by atoms with van der Waals surface area (Å²) in [6.45, 7) is 5.37. The minimum absolute atomic E-state index is 0.154. The number of ether oxygens (including phenoxy) is 1. The smallest absolute Gasteiger partial charge is 0.171 e. The SMILES string of the molecule is CCN1CCC(Oc2c(N)ncc3[nH]c4ncc(N)cc4c23)CC1. The molecule has 0 aliphatic carbocycles. The maximum Gasteiger partial charge on any atom is 0.171 e. The molecule has 1 saturated heterocycles. The van der Waals surface area contributed by atoms with Crippen molar-refractivity contribution in [3.05, 3.63) is 18.5 Å². The van der Waals surface area contributed by atoms with Crippen LogP contribution in [0.1, 0.15) is 19.8 Å². The van der Waals surface area contributed by atoms with E-state index in [9.17, 15) is 0 Å². The van der Waals surface area contributed by atoms with Gasteiger partial charge in [-0.15, -0.1) is 0 Å². The van der Waals surface area contributed by atoms with Crippen LogP contribution in [0.4, 0.5) is 11.5 Å². The zero-order chi connectivity index (χ0) is 16.7. The van der Waals surface area contributed by atoms with Crippen molar-refractivity contribution in [1.82, 2.24) is 19.9 Å². The molecule has 3 aromatic rings. The lowest BCUT2D eigenvalue weighted by molar-refractivity contribution is 0.105. The quantitative estimate of drug-likeness (QED) is 0.681. The van der Waals surface area contributed by atoms with E-state index < -0.39 is 0 Å². The van der Waals surface area contributed by atoms with E-state index in [1.807, 2.05) is 6.07 Å². The van der Waals surface area contributed by atoms with E-state index in [1.165, 1.54) is 0 Å². The van der Waals surface area contributed by atoms with Crippen molar-refractivity contribution in [1.29, 1.82) is 0 Å². The van der Waals surface area contributed by atoms with Crippen molar-refractivity contribution in [2.45, 2.75) is 25.9 Å². The van der Waals surface area contributed by atoms with Crippen molar-refractivity contribution >= 4 is 33.4 Å². The average molecular weight is 326 g/mol. The van der Waals surface area contributed by atoms with Crippen molar-refractivity contribution < 1.29 is 4.74 Å². The zero-order valence-corrected chi connectivity index (χ0v) is 13.7. The Morgan fingerprint density at radius 2 is 2.04 bits per heavy atom. The fourth-order valence-corrected chi connectivity index (χ4v) is 3.40. The lowest BCUT2D eigenvalue weighted by Gasteiger charge is -2.31. The van der Waals surface area contributed by atoms with Gasteiger partial charge in [0.1, 0.15) is 11.8 Å². The summed E-state index contributed by atoms with van der Waals surface area (Å²) in [5, 5.41) is 1.83. The van der Waals surface area contributed by atoms with Gasteiger partial charge in [-0.05, 0) is 25.5 Å². The van der Waals surface area contributed by atoms with Gasteiger partial charge in [-0.3, -0.25) is 0 Å². The van der Waals surface area contributed by atoms with Gasteiger partial charge in [-0.2, -0.15) is 0 Å². The number of pyridine rings is 2. The number of aromatic amines is 1. The van der Waals surface area contributed by atoms with Crippen LogP contribution in [0.3, 0.4) is 0 Å². The predicted molar refractivity (Wildman–Crippen MR) is 96.0 cm³/mol. The Morgan fingerprint density at radius 3 is 2.79 bits per heavy atom. The summed E-state index contributed by atoms with van der Waals surface area (Å²) in [5.41, 5.74) is 14.3. The van der Waals surface area contributed by atoms with Crippen LogP contribution in [-0.4, -0.2) is 45.6 Å². The third-order valence-electron chi connectivity index (χ3n) is 4.76. The predicted octanol–water partition coefficient (Wildman–Crippen LogP) is 2.14. The van der Waals surface area contributed by atoms with Gasteiger partial charge < -0.3 is 26.1 Å². The second-order valence-electron chi connectivity index (χ2n) is 6.30. The lowest BCUT2D eigenvalue weighted by atomic mass is 10.1. The molecule has 24 heavy (non-hydrogen) atoms. The van der Waals surface area contributed by atoms with E-state index in [0.717, 1.165) is 54.4 Å². The average Bonchev–Trinajstić information content (AvgIpc) is 2.96. The Balaban J connectivity index is 1.75. The molecule has 3 aromatic heterocycles. The molecule has 0 unspecified atom stereocenters. The van der Waals surface area contributed by atoms with Crippen LogP contribution in [0, 0.1) is 0 Å². The molecule has 1 aliphatic heterocycles. The van der Waals surface area contributed by atoms with Gasteiger partial charge in [0, 0.05) is 18.5 Å². The highest BCUT2D eigenvalue weighted by Gasteiger charge is 2.23. The Bertz CT molecular complexity index is 882. The number of H-pyrrole nitrogens is 1. The van der Waals surface area contributed by atoms with Gasteiger partial charge in [0.05, 0.1) is 29.0 Å². The number of rotatable bonds is 3. The lowest BCUT2D eigenvalue weighted by Crippen LogP contribution is -2.38. The highest BCUT2D eigenvalue weighted by atomic mass is 16.5. The zero-order valence-electron chi connectivity index (χ0n) is 13.7. The molecule has 0 spiro atoms. The molecule has 0 amide bonds. The molecule has 4 rings (SSSR count). The maximum atomic E-state index is 6.30. The first-order valence-electron chi connectivity index (χ1n) is 8.36. The van der Waals surface area contributed by atoms with Crippen LogP contribution >= 0.6 is 0 Å². The first kappa shape index (κ1) is 15.0. The van der Waals surface area contributed by atoms with Crippen LogP contribution < -0.4 is 16.2 Å². The molecule has 0 radical (unpaired) electrons. The van der Waals surface area contributed by atoms with E-state index in [1.54, 1.807) is 12.4 Å². The van der Waals surface area contributed by atoms with Crippen LogP contribution in [0.5, 0.6) is 5.75 Å². The Labute approximate surface area is 140 Å². The number of nitrogens with zero attached hydrogens (tertiary/aromatic N) is 3. The van der Waals surface area contributed by atoms with Crippen molar-refractivity contribution in [3.8, 4) is 5.75 Å². The minimum Gasteiger partial charge on any atom is -0.486 e. The molecular formula is C17H22N6O. The number of nitrogens with one attached hydrogen (secondary N) is 1.